The van der Waals surface area contributed by atoms with Crippen molar-refractivity contribution in [2.45, 2.75) is 29.6 Å². The van der Waals surface area contributed by atoms with Crippen LogP contribution >= 0.6 is 46.4 Å². The molecule has 0 saturated heterocycles. The van der Waals surface area contributed by atoms with Crippen molar-refractivity contribution in [1.82, 2.24) is 20.2 Å². The fraction of sp³-hybridized carbons (Fsp3) is 0.0732. The molecule has 0 aliphatic heterocycles. The van der Waals surface area contributed by atoms with Crippen LogP contribution < -0.4 is 15.0 Å². The third-order valence-electron chi connectivity index (χ3n) is 8.84. The Labute approximate surface area is 394 Å². The van der Waals surface area contributed by atoms with Gasteiger partial charge in [-0.25, -0.2) is 31.7 Å². The number of rotatable bonds is 10. The van der Waals surface area contributed by atoms with Gasteiger partial charge >= 0.3 is 18.3 Å². The molecule has 0 spiro atoms. The number of pyridine rings is 2. The van der Waals surface area contributed by atoms with Crippen LogP contribution in [-0.4, -0.2) is 53.9 Å². The van der Waals surface area contributed by atoms with E-state index in [1.807, 2.05) is 4.72 Å². The highest BCUT2D eigenvalue weighted by Gasteiger charge is 2.36. The predicted octanol–water partition coefficient (Wildman–Crippen LogP) is 10.9. The number of nitrogens with one attached hydrogen (secondary N) is 3. The van der Waals surface area contributed by atoms with E-state index in [-0.39, 0.29) is 51.1 Å². The molecule has 0 fully saturated rings. The summed E-state index contributed by atoms with van der Waals surface area (Å²) in [6.45, 7) is 0. The second-order valence-corrected chi connectivity index (χ2v) is 18.3. The average molecular weight is 1050 g/mol. The Morgan fingerprint density at radius 3 is 1.60 bits per heavy atom. The van der Waals surface area contributed by atoms with E-state index < -0.39 is 92.1 Å². The maximum Gasteiger partial charge on any atom is 0.417 e. The molecule has 350 valence electrons. The first-order valence-electron chi connectivity index (χ1n) is 17.7. The summed E-state index contributed by atoms with van der Waals surface area (Å²) < 4.78 is 135. The number of carboxylic acid groups (broad SMARTS) is 1. The van der Waals surface area contributed by atoms with Gasteiger partial charge in [0.25, 0.3) is 25.6 Å². The van der Waals surface area contributed by atoms with Crippen LogP contribution in [-0.2, 0) is 32.4 Å². The smallest absolute Gasteiger partial charge is 0.417 e. The molecule has 0 aliphatic carbocycles. The van der Waals surface area contributed by atoms with Crippen LogP contribution in [0.3, 0.4) is 0 Å². The van der Waals surface area contributed by atoms with Gasteiger partial charge in [-0.1, -0.05) is 90.2 Å². The molecule has 3 aromatic heterocycles. The molecule has 14 nitrogen and oxygen atoms in total. The van der Waals surface area contributed by atoms with Crippen LogP contribution in [0.5, 0.6) is 0 Å². The van der Waals surface area contributed by atoms with Gasteiger partial charge in [-0.3, -0.25) is 24.0 Å². The van der Waals surface area contributed by atoms with Gasteiger partial charge in [0.2, 0.25) is 5.78 Å². The van der Waals surface area contributed by atoms with Gasteiger partial charge in [-0.15, -0.1) is 0 Å². The predicted molar refractivity (Wildman–Crippen MR) is 238 cm³/mol. The first kappa shape index (κ1) is 51.7. The molecule has 7 rings (SSSR count). The molecule has 0 unspecified atom stereocenters. The topological polar surface area (TPSA) is 218 Å². The van der Waals surface area contributed by atoms with E-state index in [9.17, 15) is 62.7 Å². The molecule has 0 amide bonds. The highest BCUT2D eigenvalue weighted by atomic mass is 35.5. The van der Waals surface area contributed by atoms with Crippen LogP contribution in [0.2, 0.25) is 20.1 Å². The van der Waals surface area contributed by atoms with Crippen molar-refractivity contribution in [1.29, 1.82) is 0 Å². The standard InChI is InChI=1S/C20H11Cl2F3N4O3S.C20H11Cl2F3N2O5S.CH4/c21-10-7-16(29-33(31,32)11-5-6-15(22)14(8-11)20(23,24)25)18(26-9-10)17-12-3-1-2-4-13(12)19(30)28-27-17;21-10-7-16(17(26-9-10)18(28)12-3-1-2-4-13(12)19(29)30)27-33(31,32)11-5-6-15(22)14(8-11)20(23,24)25;/h1-9,29H,(H,28,30);1-9,27H,(H,29,30);1H4. The number of aromatic nitrogens is 4. The number of aromatic amines is 1. The van der Waals surface area contributed by atoms with Crippen LogP contribution in [0.1, 0.15) is 45.0 Å². The fourth-order valence-corrected chi connectivity index (χ4v) is 8.81. The summed E-state index contributed by atoms with van der Waals surface area (Å²) in [6.07, 6.45) is -7.51. The Bertz CT molecular complexity index is 3380. The molecule has 0 saturated carbocycles. The number of alkyl halides is 6. The number of hydrogen-bond donors (Lipinski definition) is 4. The van der Waals surface area contributed by atoms with Crippen molar-refractivity contribution in [3.63, 3.8) is 0 Å². The number of carbonyl (C=O) groups is 2. The number of aromatic carboxylic acids is 1. The summed E-state index contributed by atoms with van der Waals surface area (Å²) in [5, 5.41) is 14.9. The summed E-state index contributed by atoms with van der Waals surface area (Å²) >= 11 is 23.0. The van der Waals surface area contributed by atoms with Crippen molar-refractivity contribution < 1.29 is 57.9 Å². The van der Waals surface area contributed by atoms with Gasteiger partial charge in [-0.2, -0.15) is 31.4 Å². The van der Waals surface area contributed by atoms with Gasteiger partial charge in [-0.05, 0) is 60.7 Å². The number of carbonyl (C=O) groups excluding carboxylic acids is 1. The first-order valence-corrected chi connectivity index (χ1v) is 22.2. The molecule has 7 aromatic rings. The molecule has 67 heavy (non-hydrogen) atoms. The highest BCUT2D eigenvalue weighted by Crippen LogP contribution is 2.39. The summed E-state index contributed by atoms with van der Waals surface area (Å²) in [5.74, 6) is -2.36. The van der Waals surface area contributed by atoms with Crippen molar-refractivity contribution in [2.24, 2.45) is 0 Å². The van der Waals surface area contributed by atoms with Gasteiger partial charge in [0.05, 0.1) is 63.3 Å². The quantitative estimate of drug-likeness (QED) is 0.0746. The van der Waals surface area contributed by atoms with E-state index in [4.69, 9.17) is 46.4 Å². The molecule has 0 aliphatic rings. The number of halogens is 10. The molecular weight excluding hydrogens is 1020 g/mol. The minimum absolute atomic E-state index is 0. The molecule has 3 heterocycles. The average Bonchev–Trinajstić information content (AvgIpc) is 3.23. The molecule has 0 bridgehead atoms. The number of fused-ring (bicyclic) bond motifs is 1. The summed E-state index contributed by atoms with van der Waals surface area (Å²) in [7, 11) is -9.20. The summed E-state index contributed by atoms with van der Waals surface area (Å²) in [5.41, 5.74) is -4.79. The Morgan fingerprint density at radius 2 is 1.07 bits per heavy atom. The minimum atomic E-state index is -4.91. The lowest BCUT2D eigenvalue weighted by molar-refractivity contribution is -0.138. The Balaban J connectivity index is 0.000000247. The van der Waals surface area contributed by atoms with E-state index in [0.717, 1.165) is 36.5 Å². The lowest BCUT2D eigenvalue weighted by Gasteiger charge is -2.15. The van der Waals surface area contributed by atoms with Crippen molar-refractivity contribution in [2.75, 3.05) is 9.44 Å². The zero-order chi connectivity index (χ0) is 48.5. The van der Waals surface area contributed by atoms with E-state index in [1.54, 1.807) is 24.3 Å². The van der Waals surface area contributed by atoms with E-state index in [2.05, 4.69) is 24.9 Å². The molecule has 0 atom stereocenters. The number of H-pyrrole nitrogens is 1. The van der Waals surface area contributed by atoms with E-state index >= 15 is 0 Å². The number of sulfonamides is 2. The Morgan fingerprint density at radius 1 is 0.612 bits per heavy atom. The number of carboxylic acids is 1. The van der Waals surface area contributed by atoms with Gasteiger partial charge in [0, 0.05) is 23.3 Å². The Kier molecular flexibility index (Phi) is 15.3. The first-order chi connectivity index (χ1) is 30.8. The minimum Gasteiger partial charge on any atom is -0.478 e. The highest BCUT2D eigenvalue weighted by molar-refractivity contribution is 7.93. The number of benzene rings is 4. The zero-order valence-electron chi connectivity index (χ0n) is 32.1. The van der Waals surface area contributed by atoms with E-state index in [0.29, 0.717) is 17.5 Å². The normalized spacial score (nSPS) is 11.8. The summed E-state index contributed by atoms with van der Waals surface area (Å²) in [6, 6.07) is 18.0. The van der Waals surface area contributed by atoms with Crippen molar-refractivity contribution in [3.05, 3.63) is 168 Å². The van der Waals surface area contributed by atoms with Crippen LogP contribution in [0.25, 0.3) is 22.2 Å². The Hall–Kier alpha value is -6.30. The summed E-state index contributed by atoms with van der Waals surface area (Å²) in [4.78, 5) is 43.0. The number of ketones is 1. The van der Waals surface area contributed by atoms with Crippen LogP contribution in [0, 0.1) is 0 Å². The fourth-order valence-electron chi connectivity index (χ4n) is 5.88. The van der Waals surface area contributed by atoms with Gasteiger partial charge < -0.3 is 5.11 Å². The number of nitrogens with zero attached hydrogens (tertiary/aromatic N) is 3. The molecule has 4 N–H and O–H groups in total. The van der Waals surface area contributed by atoms with Gasteiger partial charge in [0.1, 0.15) is 17.1 Å². The molecule has 26 heteroatoms. The molecule has 0 radical (unpaired) electrons. The largest absolute Gasteiger partial charge is 0.478 e. The van der Waals surface area contributed by atoms with E-state index in [1.165, 1.54) is 36.5 Å². The lowest BCUT2D eigenvalue weighted by Crippen LogP contribution is -2.19. The second kappa shape index (κ2) is 19.9. The monoisotopic (exact) mass is 1050 g/mol. The SMILES string of the molecule is C.O=C(O)c1ccccc1C(=O)c1ncc(Cl)cc1NS(=O)(=O)c1ccc(Cl)c(C(F)(F)F)c1.O=c1[nH]nc(-c2ncc(Cl)cc2NS(=O)(=O)c2ccc(Cl)c(C(F)(F)F)c2)c2ccccc12. The molecule has 4 aromatic carbocycles. The van der Waals surface area contributed by atoms with Crippen LogP contribution in [0.15, 0.2) is 124 Å². The number of anilines is 2. The third kappa shape index (κ3) is 11.6. The van der Waals surface area contributed by atoms with Crippen molar-refractivity contribution in [3.8, 4) is 11.4 Å². The second-order valence-electron chi connectivity index (χ2n) is 13.2. The maximum absolute atomic E-state index is 13.2. The van der Waals surface area contributed by atoms with Crippen LogP contribution in [0.4, 0.5) is 37.7 Å². The third-order valence-corrected chi connectivity index (χ3v) is 12.6. The maximum atomic E-state index is 13.2. The number of hydrogen-bond acceptors (Lipinski definition) is 10. The zero-order valence-corrected chi connectivity index (χ0v) is 36.8. The lowest BCUT2D eigenvalue weighted by atomic mass is 10.0. The van der Waals surface area contributed by atoms with Crippen molar-refractivity contribution >= 4 is 100 Å². The van der Waals surface area contributed by atoms with Gasteiger partial charge in [0.15, 0.2) is 0 Å². The molecular formula is C41H26Cl4F6N6O8S2.